The molecule has 4 bridgehead atoms. The Kier molecular flexibility index (Phi) is 3.91. The molecular weight excluding hydrogens is 318 g/mol. The van der Waals surface area contributed by atoms with Crippen molar-refractivity contribution in [2.24, 2.45) is 5.92 Å². The molecule has 0 spiro atoms. The first-order chi connectivity index (χ1) is 12.1. The highest BCUT2D eigenvalue weighted by Crippen LogP contribution is 2.24. The highest BCUT2D eigenvalue weighted by atomic mass is 16.5. The van der Waals surface area contributed by atoms with Gasteiger partial charge < -0.3 is 19.8 Å². The van der Waals surface area contributed by atoms with Crippen LogP contribution in [-0.2, 0) is 6.54 Å². The second kappa shape index (κ2) is 6.23. The van der Waals surface area contributed by atoms with Crippen LogP contribution in [0.5, 0.6) is 11.8 Å². The molecular formula is C18H21N5O2. The predicted molar refractivity (Wildman–Crippen MR) is 94.8 cm³/mol. The molecule has 1 aliphatic heterocycles. The minimum atomic E-state index is 0.296. The van der Waals surface area contributed by atoms with Crippen molar-refractivity contribution in [1.29, 1.82) is 0 Å². The quantitative estimate of drug-likeness (QED) is 0.677. The van der Waals surface area contributed by atoms with Crippen molar-refractivity contribution in [3.63, 3.8) is 0 Å². The van der Waals surface area contributed by atoms with Gasteiger partial charge in [-0.15, -0.1) is 0 Å². The number of imidazole rings is 1. The van der Waals surface area contributed by atoms with Crippen molar-refractivity contribution in [1.82, 2.24) is 19.5 Å². The SMILES string of the molecule is Cc1nc2c(N)nc3nc2n1Cc1cccc(c1)OCCC(C)CO3. The van der Waals surface area contributed by atoms with E-state index in [9.17, 15) is 0 Å². The topological polar surface area (TPSA) is 88.1 Å². The van der Waals surface area contributed by atoms with Gasteiger partial charge in [-0.1, -0.05) is 19.1 Å². The van der Waals surface area contributed by atoms with Crippen molar-refractivity contribution in [3.05, 3.63) is 35.7 Å². The Morgan fingerprint density at radius 2 is 2.08 bits per heavy atom. The van der Waals surface area contributed by atoms with E-state index in [0.29, 0.717) is 48.7 Å². The van der Waals surface area contributed by atoms with Crippen LogP contribution in [0.3, 0.4) is 0 Å². The first-order valence-electron chi connectivity index (χ1n) is 8.45. The Hall–Kier alpha value is -2.83. The van der Waals surface area contributed by atoms with E-state index in [1.165, 1.54) is 0 Å². The second-order valence-electron chi connectivity index (χ2n) is 6.51. The molecule has 1 atom stereocenters. The van der Waals surface area contributed by atoms with Crippen LogP contribution in [-0.4, -0.2) is 32.7 Å². The largest absolute Gasteiger partial charge is 0.494 e. The van der Waals surface area contributed by atoms with Crippen LogP contribution < -0.4 is 15.2 Å². The molecule has 0 aliphatic carbocycles. The number of hydrogen-bond donors (Lipinski definition) is 1. The van der Waals surface area contributed by atoms with Gasteiger partial charge in [-0.3, -0.25) is 0 Å². The van der Waals surface area contributed by atoms with E-state index in [4.69, 9.17) is 15.2 Å². The average Bonchev–Trinajstić information content (AvgIpc) is 2.90. The van der Waals surface area contributed by atoms with Crippen molar-refractivity contribution in [3.8, 4) is 11.8 Å². The third kappa shape index (κ3) is 3.09. The van der Waals surface area contributed by atoms with Crippen LogP contribution in [0, 0.1) is 12.8 Å². The van der Waals surface area contributed by atoms with Crippen LogP contribution >= 0.6 is 0 Å². The van der Waals surface area contributed by atoms with Gasteiger partial charge in [0.2, 0.25) is 0 Å². The van der Waals surface area contributed by atoms with E-state index in [2.05, 4.69) is 34.0 Å². The lowest BCUT2D eigenvalue weighted by Crippen LogP contribution is -2.15. The summed E-state index contributed by atoms with van der Waals surface area (Å²) >= 11 is 0. The van der Waals surface area contributed by atoms with Gasteiger partial charge in [-0.2, -0.15) is 9.97 Å². The normalized spacial score (nSPS) is 17.8. The van der Waals surface area contributed by atoms with E-state index in [0.717, 1.165) is 23.6 Å². The molecule has 7 nitrogen and oxygen atoms in total. The fourth-order valence-corrected chi connectivity index (χ4v) is 2.96. The molecule has 1 unspecified atom stereocenters. The molecule has 2 aromatic heterocycles. The Morgan fingerprint density at radius 1 is 1.20 bits per heavy atom. The number of nitrogens with two attached hydrogens (primary N) is 1. The van der Waals surface area contributed by atoms with Crippen molar-refractivity contribution >= 4 is 17.0 Å². The van der Waals surface area contributed by atoms with E-state index in [1.54, 1.807) is 0 Å². The molecule has 4 rings (SSSR count). The van der Waals surface area contributed by atoms with Gasteiger partial charge in [0.25, 0.3) is 0 Å². The Labute approximate surface area is 145 Å². The summed E-state index contributed by atoms with van der Waals surface area (Å²) in [5.74, 6) is 2.37. The molecule has 0 radical (unpaired) electrons. The number of nitrogens with zero attached hydrogens (tertiary/aromatic N) is 4. The maximum Gasteiger partial charge on any atom is 0.320 e. The van der Waals surface area contributed by atoms with Crippen molar-refractivity contribution in [2.45, 2.75) is 26.8 Å². The first-order valence-corrected chi connectivity index (χ1v) is 8.45. The third-order valence-corrected chi connectivity index (χ3v) is 4.41. The van der Waals surface area contributed by atoms with Gasteiger partial charge in [0, 0.05) is 0 Å². The summed E-state index contributed by atoms with van der Waals surface area (Å²) in [5.41, 5.74) is 8.49. The average molecular weight is 339 g/mol. The zero-order chi connectivity index (χ0) is 17.4. The lowest BCUT2D eigenvalue weighted by atomic mass is 10.1. The highest BCUT2D eigenvalue weighted by molar-refractivity contribution is 5.82. The number of ether oxygens (including phenoxy) is 2. The maximum absolute atomic E-state index is 6.08. The number of fused-ring (bicyclic) bond motifs is 3. The minimum Gasteiger partial charge on any atom is -0.494 e. The van der Waals surface area contributed by atoms with Crippen LogP contribution in [0.4, 0.5) is 5.82 Å². The van der Waals surface area contributed by atoms with Gasteiger partial charge >= 0.3 is 6.01 Å². The molecule has 0 saturated carbocycles. The fraction of sp³-hybridized carbons (Fsp3) is 0.389. The van der Waals surface area contributed by atoms with Gasteiger partial charge in [0.1, 0.15) is 11.6 Å². The molecule has 3 heterocycles. The molecule has 0 saturated heterocycles. The number of aryl methyl sites for hydroxylation is 1. The lowest BCUT2D eigenvalue weighted by Gasteiger charge is -2.15. The van der Waals surface area contributed by atoms with Gasteiger partial charge in [-0.25, -0.2) is 4.98 Å². The number of rotatable bonds is 0. The molecule has 0 fully saturated rings. The summed E-state index contributed by atoms with van der Waals surface area (Å²) in [6.45, 7) is 5.84. The van der Waals surface area contributed by atoms with E-state index >= 15 is 0 Å². The fourth-order valence-electron chi connectivity index (χ4n) is 2.96. The van der Waals surface area contributed by atoms with Gasteiger partial charge in [0.15, 0.2) is 17.0 Å². The monoisotopic (exact) mass is 339 g/mol. The smallest absolute Gasteiger partial charge is 0.320 e. The maximum atomic E-state index is 6.08. The summed E-state index contributed by atoms with van der Waals surface area (Å²) in [6, 6.07) is 8.41. The zero-order valence-corrected chi connectivity index (χ0v) is 14.4. The summed E-state index contributed by atoms with van der Waals surface area (Å²) in [4.78, 5) is 13.3. The van der Waals surface area contributed by atoms with E-state index in [1.807, 2.05) is 23.6 Å². The number of hydrogen-bond acceptors (Lipinski definition) is 6. The summed E-state index contributed by atoms with van der Waals surface area (Å²) in [7, 11) is 0. The summed E-state index contributed by atoms with van der Waals surface area (Å²) in [5, 5.41) is 0. The van der Waals surface area contributed by atoms with E-state index < -0.39 is 0 Å². The Bertz CT molecular complexity index is 921. The molecule has 130 valence electrons. The number of aromatic nitrogens is 4. The Morgan fingerprint density at radius 3 is 2.96 bits per heavy atom. The minimum absolute atomic E-state index is 0.296. The van der Waals surface area contributed by atoms with Crippen LogP contribution in [0.1, 0.15) is 24.7 Å². The molecule has 3 aromatic rings. The molecule has 7 heteroatoms. The first kappa shape index (κ1) is 15.7. The third-order valence-electron chi connectivity index (χ3n) is 4.41. The zero-order valence-electron chi connectivity index (χ0n) is 14.4. The lowest BCUT2D eigenvalue weighted by molar-refractivity contribution is 0.207. The molecule has 2 N–H and O–H groups in total. The van der Waals surface area contributed by atoms with E-state index in [-0.39, 0.29) is 0 Å². The standard InChI is InChI=1S/C18H21N5O2/c1-11-6-7-24-14-5-3-4-13(8-14)9-23-12(2)20-15-16(19)21-18(25-10-11)22-17(15)23/h3-5,8,11H,6-7,9-10H2,1-2H3,(H2,19,21,22). The van der Waals surface area contributed by atoms with Crippen LogP contribution in [0.25, 0.3) is 11.2 Å². The number of nitrogen functional groups attached to an aromatic ring is 1. The van der Waals surface area contributed by atoms with Crippen LogP contribution in [0.15, 0.2) is 24.3 Å². The second-order valence-corrected chi connectivity index (χ2v) is 6.51. The van der Waals surface area contributed by atoms with Gasteiger partial charge in [-0.05, 0) is 37.0 Å². The molecule has 1 aliphatic rings. The Balaban J connectivity index is 1.84. The summed E-state index contributed by atoms with van der Waals surface area (Å²) in [6.07, 6.45) is 0.888. The molecule has 25 heavy (non-hydrogen) atoms. The van der Waals surface area contributed by atoms with Gasteiger partial charge in [0.05, 0.1) is 19.8 Å². The predicted octanol–water partition coefficient (Wildman–Crippen LogP) is 2.56. The summed E-state index contributed by atoms with van der Waals surface area (Å²) < 4.78 is 13.7. The van der Waals surface area contributed by atoms with Crippen molar-refractivity contribution < 1.29 is 9.47 Å². The molecule has 0 amide bonds. The number of anilines is 1. The van der Waals surface area contributed by atoms with Crippen LogP contribution in [0.2, 0.25) is 0 Å². The highest BCUT2D eigenvalue weighted by Gasteiger charge is 2.17. The van der Waals surface area contributed by atoms with Crippen molar-refractivity contribution in [2.75, 3.05) is 18.9 Å². The number of benzene rings is 1. The molecule has 1 aromatic carbocycles.